The predicted octanol–water partition coefficient (Wildman–Crippen LogP) is 2.44. The van der Waals surface area contributed by atoms with E-state index < -0.39 is 5.92 Å². The van der Waals surface area contributed by atoms with Crippen molar-refractivity contribution in [3.8, 4) is 0 Å². The summed E-state index contributed by atoms with van der Waals surface area (Å²) in [6.45, 7) is 3.17. The minimum absolute atomic E-state index is 0.127. The van der Waals surface area contributed by atoms with Crippen LogP contribution in [0.5, 0.6) is 0 Å². The van der Waals surface area contributed by atoms with Crippen molar-refractivity contribution in [3.05, 3.63) is 47.0 Å². The number of aryl methyl sites for hydroxylation is 1. The number of esters is 1. The highest BCUT2D eigenvalue weighted by Gasteiger charge is 2.39. The summed E-state index contributed by atoms with van der Waals surface area (Å²) < 4.78 is 7.07. The Hall–Kier alpha value is -2.63. The number of imidazole rings is 1. The predicted molar refractivity (Wildman–Crippen MR) is 92.8 cm³/mol. The highest BCUT2D eigenvalue weighted by Crippen LogP contribution is 2.38. The van der Waals surface area contributed by atoms with Crippen molar-refractivity contribution in [2.75, 3.05) is 18.6 Å². The van der Waals surface area contributed by atoms with E-state index in [1.807, 2.05) is 31.2 Å². The van der Waals surface area contributed by atoms with Gasteiger partial charge in [0.15, 0.2) is 0 Å². The number of hydrogen-bond donors (Lipinski definition) is 0. The van der Waals surface area contributed by atoms with Gasteiger partial charge in [0.05, 0.1) is 12.8 Å². The Balaban J connectivity index is 1.73. The Bertz CT molecular complexity index is 856. The van der Waals surface area contributed by atoms with E-state index in [1.54, 1.807) is 4.90 Å². The molecule has 0 spiro atoms. The topological polar surface area (TPSA) is 64.4 Å². The third-order valence-corrected chi connectivity index (χ3v) is 5.21. The summed E-state index contributed by atoms with van der Waals surface area (Å²) in [5.74, 6) is 0.00291. The van der Waals surface area contributed by atoms with Gasteiger partial charge in [-0.25, -0.2) is 4.98 Å². The van der Waals surface area contributed by atoms with Crippen molar-refractivity contribution in [2.24, 2.45) is 0 Å². The van der Waals surface area contributed by atoms with Crippen molar-refractivity contribution < 1.29 is 14.3 Å². The van der Waals surface area contributed by atoms with Gasteiger partial charge in [-0.15, -0.1) is 0 Å². The molecule has 3 heterocycles. The summed E-state index contributed by atoms with van der Waals surface area (Å²) in [7, 11) is 1.38. The first kappa shape index (κ1) is 15.9. The molecular weight excluding hydrogens is 318 g/mol. The summed E-state index contributed by atoms with van der Waals surface area (Å²) in [5.41, 5.74) is 3.16. The second-order valence-corrected chi connectivity index (χ2v) is 6.61. The number of carbonyl (C=O) groups is 2. The van der Waals surface area contributed by atoms with E-state index in [0.29, 0.717) is 12.2 Å². The standard InChI is InChI=1S/C19H21N3O3/c1-12-20-17(16-9-5-6-10-21(12)16)18(23)22-11-14(19(24)25-2)13-7-3-4-8-15(13)22/h3-4,7-8,14H,5-6,9-11H2,1-2H3/t14-/m0/s1. The zero-order valence-corrected chi connectivity index (χ0v) is 14.5. The Kier molecular flexibility index (Phi) is 3.82. The summed E-state index contributed by atoms with van der Waals surface area (Å²) in [6, 6.07) is 7.53. The number of rotatable bonds is 2. The average molecular weight is 339 g/mol. The van der Waals surface area contributed by atoms with E-state index in [1.165, 1.54) is 7.11 Å². The van der Waals surface area contributed by atoms with Crippen LogP contribution >= 0.6 is 0 Å². The van der Waals surface area contributed by atoms with Crippen molar-refractivity contribution in [2.45, 2.75) is 38.6 Å². The Morgan fingerprint density at radius 1 is 1.24 bits per heavy atom. The fraction of sp³-hybridized carbons (Fsp3) is 0.421. The molecular formula is C19H21N3O3. The largest absolute Gasteiger partial charge is 0.468 e. The van der Waals surface area contributed by atoms with Crippen LogP contribution in [0.15, 0.2) is 24.3 Å². The van der Waals surface area contributed by atoms with E-state index in [9.17, 15) is 9.59 Å². The molecule has 0 bridgehead atoms. The molecule has 4 rings (SSSR count). The number of benzene rings is 1. The fourth-order valence-corrected chi connectivity index (χ4v) is 3.96. The summed E-state index contributed by atoms with van der Waals surface area (Å²) in [5, 5.41) is 0. The molecule has 25 heavy (non-hydrogen) atoms. The van der Waals surface area contributed by atoms with Crippen LogP contribution in [-0.2, 0) is 22.5 Å². The Morgan fingerprint density at radius 3 is 2.84 bits per heavy atom. The number of ether oxygens (including phenoxy) is 1. The van der Waals surface area contributed by atoms with E-state index in [0.717, 1.165) is 48.6 Å². The van der Waals surface area contributed by atoms with Gasteiger partial charge in [-0.05, 0) is 37.8 Å². The molecule has 0 aliphatic carbocycles. The first-order chi connectivity index (χ1) is 12.1. The monoisotopic (exact) mass is 339 g/mol. The van der Waals surface area contributed by atoms with Gasteiger partial charge >= 0.3 is 5.97 Å². The molecule has 130 valence electrons. The lowest BCUT2D eigenvalue weighted by atomic mass is 10.0. The van der Waals surface area contributed by atoms with Crippen LogP contribution in [0.25, 0.3) is 0 Å². The molecule has 2 aliphatic rings. The number of carbonyl (C=O) groups excluding carboxylic acids is 2. The van der Waals surface area contributed by atoms with Gasteiger partial charge in [0, 0.05) is 18.8 Å². The highest BCUT2D eigenvalue weighted by atomic mass is 16.5. The zero-order chi connectivity index (χ0) is 17.6. The van der Waals surface area contributed by atoms with Gasteiger partial charge in [-0.1, -0.05) is 18.2 Å². The number of amides is 1. The number of para-hydroxylation sites is 1. The average Bonchev–Trinajstić information content (AvgIpc) is 3.20. The Labute approximate surface area is 146 Å². The minimum Gasteiger partial charge on any atom is -0.468 e. The van der Waals surface area contributed by atoms with Crippen LogP contribution in [0, 0.1) is 6.92 Å². The molecule has 1 aromatic carbocycles. The maximum Gasteiger partial charge on any atom is 0.315 e. The molecule has 2 aromatic rings. The third-order valence-electron chi connectivity index (χ3n) is 5.21. The maximum atomic E-state index is 13.2. The molecule has 1 atom stereocenters. The van der Waals surface area contributed by atoms with Crippen molar-refractivity contribution >= 4 is 17.6 Å². The second-order valence-electron chi connectivity index (χ2n) is 6.61. The fourth-order valence-electron chi connectivity index (χ4n) is 3.96. The number of aromatic nitrogens is 2. The molecule has 6 heteroatoms. The van der Waals surface area contributed by atoms with E-state index in [4.69, 9.17) is 4.74 Å². The molecule has 0 fully saturated rings. The zero-order valence-electron chi connectivity index (χ0n) is 14.5. The minimum atomic E-state index is -0.440. The van der Waals surface area contributed by atoms with E-state index in [-0.39, 0.29) is 11.9 Å². The van der Waals surface area contributed by atoms with Crippen molar-refractivity contribution in [1.82, 2.24) is 9.55 Å². The number of hydrogen-bond acceptors (Lipinski definition) is 4. The van der Waals surface area contributed by atoms with Gasteiger partial charge in [0.2, 0.25) is 0 Å². The quantitative estimate of drug-likeness (QED) is 0.789. The molecule has 0 radical (unpaired) electrons. The lowest BCUT2D eigenvalue weighted by Gasteiger charge is -2.19. The third kappa shape index (κ3) is 2.44. The van der Waals surface area contributed by atoms with E-state index in [2.05, 4.69) is 9.55 Å². The smallest absolute Gasteiger partial charge is 0.315 e. The first-order valence-corrected chi connectivity index (χ1v) is 8.66. The van der Waals surface area contributed by atoms with Gasteiger partial charge in [-0.2, -0.15) is 0 Å². The van der Waals surface area contributed by atoms with Crippen LogP contribution in [0.2, 0.25) is 0 Å². The van der Waals surface area contributed by atoms with Crippen LogP contribution in [0.1, 0.15) is 46.3 Å². The molecule has 1 aromatic heterocycles. The molecule has 2 aliphatic heterocycles. The number of anilines is 1. The summed E-state index contributed by atoms with van der Waals surface area (Å²) in [6.07, 6.45) is 3.07. The SMILES string of the molecule is COC(=O)[C@H]1CN(C(=O)c2nc(C)n3c2CCCC3)c2ccccc21. The normalized spacial score (nSPS) is 18.6. The molecule has 0 saturated carbocycles. The lowest BCUT2D eigenvalue weighted by molar-refractivity contribution is -0.141. The molecule has 0 saturated heterocycles. The van der Waals surface area contributed by atoms with E-state index >= 15 is 0 Å². The van der Waals surface area contributed by atoms with Crippen LogP contribution in [0.3, 0.4) is 0 Å². The highest BCUT2D eigenvalue weighted by molar-refractivity contribution is 6.08. The van der Waals surface area contributed by atoms with Crippen LogP contribution in [-0.4, -0.2) is 35.1 Å². The first-order valence-electron chi connectivity index (χ1n) is 8.66. The van der Waals surface area contributed by atoms with Gasteiger partial charge < -0.3 is 14.2 Å². The second kappa shape index (κ2) is 6.02. The number of nitrogens with zero attached hydrogens (tertiary/aromatic N) is 3. The molecule has 6 nitrogen and oxygen atoms in total. The van der Waals surface area contributed by atoms with Crippen molar-refractivity contribution in [3.63, 3.8) is 0 Å². The summed E-state index contributed by atoms with van der Waals surface area (Å²) in [4.78, 5) is 31.6. The van der Waals surface area contributed by atoms with Crippen LogP contribution in [0.4, 0.5) is 5.69 Å². The van der Waals surface area contributed by atoms with Crippen LogP contribution < -0.4 is 4.90 Å². The lowest BCUT2D eigenvalue weighted by Crippen LogP contribution is -2.32. The molecule has 0 N–H and O–H groups in total. The Morgan fingerprint density at radius 2 is 2.04 bits per heavy atom. The molecule has 1 amide bonds. The van der Waals surface area contributed by atoms with Gasteiger partial charge in [-0.3, -0.25) is 9.59 Å². The van der Waals surface area contributed by atoms with Gasteiger partial charge in [0.25, 0.3) is 5.91 Å². The number of fused-ring (bicyclic) bond motifs is 2. The number of methoxy groups -OCH3 is 1. The molecule has 0 unspecified atom stereocenters. The van der Waals surface area contributed by atoms with Crippen molar-refractivity contribution in [1.29, 1.82) is 0 Å². The van der Waals surface area contributed by atoms with Gasteiger partial charge in [0.1, 0.15) is 17.4 Å². The maximum absolute atomic E-state index is 13.2. The summed E-state index contributed by atoms with van der Waals surface area (Å²) >= 11 is 0.